The predicted octanol–water partition coefficient (Wildman–Crippen LogP) is 4.26. The van der Waals surface area contributed by atoms with E-state index in [4.69, 9.17) is 9.47 Å². The van der Waals surface area contributed by atoms with Crippen LogP contribution in [0, 0.1) is 0 Å². The first kappa shape index (κ1) is 17.9. The summed E-state index contributed by atoms with van der Waals surface area (Å²) < 4.78 is 10.9. The molecule has 0 unspecified atom stereocenters. The molecule has 6 nitrogen and oxygen atoms in total. The lowest BCUT2D eigenvalue weighted by molar-refractivity contribution is 0.174. The molecule has 0 radical (unpaired) electrons. The van der Waals surface area contributed by atoms with Crippen molar-refractivity contribution in [3.05, 3.63) is 35.7 Å². The average Bonchev–Trinajstić information content (AvgIpc) is 3.38. The van der Waals surface area contributed by atoms with E-state index in [1.807, 2.05) is 6.07 Å². The van der Waals surface area contributed by atoms with Crippen LogP contribution in [0.2, 0.25) is 0 Å². The van der Waals surface area contributed by atoms with Crippen LogP contribution < -0.4 is 14.8 Å². The van der Waals surface area contributed by atoms with Crippen molar-refractivity contribution in [2.45, 2.75) is 63.5 Å². The Balaban J connectivity index is 1.21. The van der Waals surface area contributed by atoms with Crippen LogP contribution in [0.25, 0.3) is 0 Å². The van der Waals surface area contributed by atoms with Gasteiger partial charge in [0.05, 0.1) is 6.20 Å². The molecule has 150 valence electrons. The molecule has 1 aliphatic carbocycles. The lowest BCUT2D eigenvalue weighted by atomic mass is 9.85. The van der Waals surface area contributed by atoms with Crippen LogP contribution in [0.1, 0.15) is 62.1 Å². The Morgan fingerprint density at radius 3 is 2.89 bits per heavy atom. The van der Waals surface area contributed by atoms with Crippen molar-refractivity contribution < 1.29 is 9.47 Å². The van der Waals surface area contributed by atoms with Crippen molar-refractivity contribution in [2.75, 3.05) is 25.2 Å². The number of piperidine rings is 1. The molecule has 1 saturated heterocycles. The number of H-pyrrole nitrogens is 1. The molecule has 2 fully saturated rings. The SMILES string of the molecule is c1cc2c(cc1N[C@H]1CCCN(Cc3cn[nH]c3C3CCCCC3)C1)OCO2. The van der Waals surface area contributed by atoms with E-state index < -0.39 is 0 Å². The Hall–Kier alpha value is -2.21. The van der Waals surface area contributed by atoms with Gasteiger partial charge in [-0.15, -0.1) is 0 Å². The zero-order valence-electron chi connectivity index (χ0n) is 16.5. The van der Waals surface area contributed by atoms with Gasteiger partial charge in [0.1, 0.15) is 0 Å². The van der Waals surface area contributed by atoms with Gasteiger partial charge in [0.25, 0.3) is 0 Å². The lowest BCUT2D eigenvalue weighted by Gasteiger charge is -2.34. The Kier molecular flexibility index (Phi) is 5.12. The van der Waals surface area contributed by atoms with Gasteiger partial charge < -0.3 is 14.8 Å². The predicted molar refractivity (Wildman–Crippen MR) is 109 cm³/mol. The minimum Gasteiger partial charge on any atom is -0.454 e. The minimum atomic E-state index is 0.323. The van der Waals surface area contributed by atoms with Crippen LogP contribution in [0.3, 0.4) is 0 Å². The molecule has 0 amide bonds. The van der Waals surface area contributed by atoms with Crippen LogP contribution in [-0.2, 0) is 6.54 Å². The average molecular weight is 383 g/mol. The van der Waals surface area contributed by atoms with Crippen LogP contribution in [0.5, 0.6) is 11.5 Å². The summed E-state index contributed by atoms with van der Waals surface area (Å²) in [6, 6.07) is 6.59. The summed E-state index contributed by atoms with van der Waals surface area (Å²) in [5.41, 5.74) is 3.91. The maximum Gasteiger partial charge on any atom is 0.231 e. The topological polar surface area (TPSA) is 62.4 Å². The number of hydrogen-bond acceptors (Lipinski definition) is 5. The number of rotatable bonds is 5. The van der Waals surface area contributed by atoms with Gasteiger partial charge >= 0.3 is 0 Å². The van der Waals surface area contributed by atoms with Gasteiger partial charge in [0, 0.05) is 48.1 Å². The number of aromatic nitrogens is 2. The molecule has 1 atom stereocenters. The molecule has 2 aromatic rings. The van der Waals surface area contributed by atoms with Crippen LogP contribution in [0.4, 0.5) is 5.69 Å². The zero-order valence-corrected chi connectivity index (χ0v) is 16.5. The second kappa shape index (κ2) is 8.03. The van der Waals surface area contributed by atoms with Crippen molar-refractivity contribution in [1.29, 1.82) is 0 Å². The highest BCUT2D eigenvalue weighted by molar-refractivity contribution is 5.56. The molecule has 6 heteroatoms. The van der Waals surface area contributed by atoms with E-state index in [-0.39, 0.29) is 0 Å². The molecule has 1 aromatic heterocycles. The lowest BCUT2D eigenvalue weighted by Crippen LogP contribution is -2.41. The fraction of sp³-hybridized carbons (Fsp3) is 0.591. The standard InChI is InChI=1S/C22H30N4O2/c1-2-5-16(6-3-1)22-17(12-23-25-22)13-26-10-4-7-19(14-26)24-18-8-9-20-21(11-18)28-15-27-20/h8-9,11-12,16,19,24H,1-7,10,13-15H2,(H,23,25)/t19-/m0/s1. The van der Waals surface area contributed by atoms with Gasteiger partial charge in [-0.1, -0.05) is 19.3 Å². The molecular formula is C22H30N4O2. The summed E-state index contributed by atoms with van der Waals surface area (Å²) in [4.78, 5) is 2.57. The summed E-state index contributed by atoms with van der Waals surface area (Å²) in [5.74, 6) is 2.36. The molecule has 2 aliphatic heterocycles. The summed E-state index contributed by atoms with van der Waals surface area (Å²) >= 11 is 0. The summed E-state index contributed by atoms with van der Waals surface area (Å²) in [7, 11) is 0. The van der Waals surface area contributed by atoms with E-state index in [0.717, 1.165) is 36.8 Å². The number of ether oxygens (including phenoxy) is 2. The Morgan fingerprint density at radius 2 is 1.96 bits per heavy atom. The van der Waals surface area contributed by atoms with Crippen molar-refractivity contribution in [1.82, 2.24) is 15.1 Å². The van der Waals surface area contributed by atoms with Crippen LogP contribution in [0.15, 0.2) is 24.4 Å². The second-order valence-electron chi connectivity index (χ2n) is 8.43. The van der Waals surface area contributed by atoms with E-state index in [0.29, 0.717) is 18.8 Å². The molecule has 0 bridgehead atoms. The number of nitrogens with one attached hydrogen (secondary N) is 2. The first-order valence-electron chi connectivity index (χ1n) is 10.8. The largest absolute Gasteiger partial charge is 0.454 e. The molecular weight excluding hydrogens is 352 g/mol. The number of likely N-dealkylation sites (tertiary alicyclic amines) is 1. The molecule has 0 spiro atoms. The maximum atomic E-state index is 5.51. The Labute approximate surface area is 166 Å². The van der Waals surface area contributed by atoms with Gasteiger partial charge in [0.15, 0.2) is 11.5 Å². The third kappa shape index (κ3) is 3.83. The Bertz CT molecular complexity index is 800. The number of anilines is 1. The first-order chi connectivity index (χ1) is 13.8. The highest BCUT2D eigenvalue weighted by Crippen LogP contribution is 2.35. The van der Waals surface area contributed by atoms with E-state index in [1.165, 1.54) is 56.2 Å². The highest BCUT2D eigenvalue weighted by atomic mass is 16.7. The smallest absolute Gasteiger partial charge is 0.231 e. The molecule has 28 heavy (non-hydrogen) atoms. The van der Waals surface area contributed by atoms with Crippen molar-refractivity contribution in [2.24, 2.45) is 0 Å². The Morgan fingerprint density at radius 1 is 1.07 bits per heavy atom. The van der Waals surface area contributed by atoms with Crippen LogP contribution >= 0.6 is 0 Å². The van der Waals surface area contributed by atoms with Gasteiger partial charge in [-0.05, 0) is 44.4 Å². The molecule has 1 aromatic carbocycles. The zero-order chi connectivity index (χ0) is 18.8. The quantitative estimate of drug-likeness (QED) is 0.809. The number of hydrogen-bond donors (Lipinski definition) is 2. The fourth-order valence-corrected chi connectivity index (χ4v) is 4.97. The number of nitrogens with zero attached hydrogens (tertiary/aromatic N) is 2. The highest BCUT2D eigenvalue weighted by Gasteiger charge is 2.24. The van der Waals surface area contributed by atoms with Gasteiger partial charge in [-0.3, -0.25) is 10.00 Å². The number of fused-ring (bicyclic) bond motifs is 1. The summed E-state index contributed by atoms with van der Waals surface area (Å²) in [6.07, 6.45) is 11.2. The number of benzene rings is 1. The third-order valence-corrected chi connectivity index (χ3v) is 6.41. The fourth-order valence-electron chi connectivity index (χ4n) is 4.97. The van der Waals surface area contributed by atoms with E-state index in [1.54, 1.807) is 0 Å². The molecule has 5 rings (SSSR count). The molecule has 1 saturated carbocycles. The second-order valence-corrected chi connectivity index (χ2v) is 8.43. The molecule has 2 N–H and O–H groups in total. The maximum absolute atomic E-state index is 5.51. The van der Waals surface area contributed by atoms with Crippen molar-refractivity contribution in [3.63, 3.8) is 0 Å². The van der Waals surface area contributed by atoms with Crippen LogP contribution in [-0.4, -0.2) is 41.0 Å². The first-order valence-corrected chi connectivity index (χ1v) is 10.8. The molecule has 3 heterocycles. The third-order valence-electron chi connectivity index (χ3n) is 6.41. The van der Waals surface area contributed by atoms with E-state index in [9.17, 15) is 0 Å². The minimum absolute atomic E-state index is 0.323. The number of aromatic amines is 1. The van der Waals surface area contributed by atoms with Crippen molar-refractivity contribution >= 4 is 5.69 Å². The van der Waals surface area contributed by atoms with Gasteiger partial charge in [-0.2, -0.15) is 5.10 Å². The monoisotopic (exact) mass is 382 g/mol. The summed E-state index contributed by atoms with van der Waals surface area (Å²) in [5, 5.41) is 11.4. The van der Waals surface area contributed by atoms with Gasteiger partial charge in [0.2, 0.25) is 6.79 Å². The van der Waals surface area contributed by atoms with Gasteiger partial charge in [-0.25, -0.2) is 0 Å². The summed E-state index contributed by atoms with van der Waals surface area (Å²) in [6.45, 7) is 3.55. The van der Waals surface area contributed by atoms with Crippen molar-refractivity contribution in [3.8, 4) is 11.5 Å². The van der Waals surface area contributed by atoms with E-state index in [2.05, 4.69) is 38.7 Å². The van der Waals surface area contributed by atoms with E-state index >= 15 is 0 Å². The molecule has 3 aliphatic rings. The normalized spacial score (nSPS) is 23.1.